The molecule has 0 aliphatic carbocycles. The zero-order chi connectivity index (χ0) is 59.0. The number of hydrogen-bond donors (Lipinski definition) is 0. The number of benzene rings is 8. The van der Waals surface area contributed by atoms with Crippen molar-refractivity contribution in [3.05, 3.63) is 175 Å². The summed E-state index contributed by atoms with van der Waals surface area (Å²) in [6.07, 6.45) is 0. The number of nitrogens with zero attached hydrogens (tertiary/aromatic N) is 3. The smallest absolute Gasteiger partial charge is 0.164 e. The quantitative estimate of drug-likeness (QED) is 0.180. The van der Waals surface area contributed by atoms with Crippen LogP contribution < -0.4 is 0 Å². The van der Waals surface area contributed by atoms with Gasteiger partial charge in [0.05, 0.1) is 39.8 Å². The first kappa shape index (κ1) is 12.4. The Hall–Kier alpha value is -6.49. The van der Waals surface area contributed by atoms with Crippen LogP contribution in [0.25, 0.3) is 98.1 Å². The molecule has 238 valence electrons. The number of thiophene rings is 1. The molecule has 0 fully saturated rings. The zero-order valence-corrected chi connectivity index (χ0v) is 26.1. The van der Waals surface area contributed by atoms with Gasteiger partial charge in [0.1, 0.15) is 0 Å². The SMILES string of the molecule is [2H]c1c([2H])c([2H])c(-c2nc(-c3c([2H])c([2H])c(-c4c([2H])c([2H])c([2H])c([2H])c4[2H])c([2H])c3[2H])nc(-c3c([2H])c4c(sc5c([2H])c([2H])c([2H])c([2H])c54)c4c([2H])c([2H])c([2H])c(-c5c([2H])c([2H])c6c([2H])c([2H])c([2H])c([2H])c6c5[2H])c34)n2)c([2H])c1[2H]. The van der Waals surface area contributed by atoms with Gasteiger partial charge >= 0.3 is 0 Å². The molecule has 2 aromatic heterocycles. The van der Waals surface area contributed by atoms with Crippen LogP contribution >= 0.6 is 11.3 Å². The van der Waals surface area contributed by atoms with Gasteiger partial charge in [0.25, 0.3) is 0 Å². The lowest BCUT2D eigenvalue weighted by Crippen LogP contribution is -2.01. The van der Waals surface area contributed by atoms with E-state index in [0.717, 1.165) is 0 Å². The van der Waals surface area contributed by atoms with Gasteiger partial charge in [-0.2, -0.15) is 0 Å². The lowest BCUT2D eigenvalue weighted by Gasteiger charge is -2.15. The van der Waals surface area contributed by atoms with Crippen molar-refractivity contribution in [2.75, 3.05) is 0 Å². The minimum absolute atomic E-state index is 0.211. The molecule has 2 heterocycles. The molecule has 4 heteroatoms. The fraction of sp³-hybridized carbons (Fsp3) is 0. The van der Waals surface area contributed by atoms with E-state index in [2.05, 4.69) is 15.0 Å². The molecule has 0 N–H and O–H groups in total. The average molecular weight is 697 g/mol. The van der Waals surface area contributed by atoms with E-state index in [1.54, 1.807) is 0 Å². The molecule has 0 radical (unpaired) electrons. The van der Waals surface area contributed by atoms with Gasteiger partial charge in [-0.15, -0.1) is 11.3 Å². The van der Waals surface area contributed by atoms with Crippen molar-refractivity contribution in [3.8, 4) is 56.4 Å². The molecule has 0 unspecified atom stereocenters. The Kier molecular flexibility index (Phi) is 2.94. The van der Waals surface area contributed by atoms with Crippen molar-refractivity contribution in [1.29, 1.82) is 0 Å². The molecule has 0 amide bonds. The summed E-state index contributed by atoms with van der Waals surface area (Å²) < 4.78 is 258. The fourth-order valence-electron chi connectivity index (χ4n) is 5.39. The van der Waals surface area contributed by atoms with E-state index in [-0.39, 0.29) is 20.2 Å². The predicted octanol–water partition coefficient (Wildman–Crippen LogP) is 12.9. The van der Waals surface area contributed by atoms with Gasteiger partial charge in [0.2, 0.25) is 0 Å². The Morgan fingerprint density at radius 1 is 0.373 bits per heavy atom. The van der Waals surface area contributed by atoms with Crippen molar-refractivity contribution >= 4 is 53.1 Å². The Bertz CT molecular complexity index is 4510. The number of aromatic nitrogens is 3. The van der Waals surface area contributed by atoms with Crippen LogP contribution in [0.1, 0.15) is 39.8 Å². The molecule has 0 spiro atoms. The standard InChI is InChI=1S/C47H29N3S/c1-3-12-30(13-4-1)32-22-25-34(26-23-32)46-48-45(33-15-5-2-6-16-33)49-47(50-46)41-29-40-38-18-9-10-21-42(38)51-44(40)39-20-11-19-37(43(39)41)36-27-24-31-14-7-8-17-35(31)28-36/h1-29H/i1D,2D,3D,4D,5D,6D,7D,8D,9D,10D,11D,12D,13D,14D,15D,16D,17D,18D,19D,20D,21D,22D,23D,24D,25D,26D,27D,28D,29D. The molecule has 0 aliphatic heterocycles. The third-order valence-corrected chi connectivity index (χ3v) is 8.74. The summed E-state index contributed by atoms with van der Waals surface area (Å²) in [4.78, 5) is 13.4. The van der Waals surface area contributed by atoms with Crippen LogP contribution in [-0.4, -0.2) is 15.0 Å². The maximum atomic E-state index is 10.2. The summed E-state index contributed by atoms with van der Waals surface area (Å²) in [5.74, 6) is -2.78. The molecule has 0 aliphatic rings. The first-order valence-corrected chi connectivity index (χ1v) is 15.6. The van der Waals surface area contributed by atoms with Crippen LogP contribution in [-0.2, 0) is 0 Å². The largest absolute Gasteiger partial charge is 0.208 e. The van der Waals surface area contributed by atoms with E-state index in [1.165, 1.54) is 0 Å². The van der Waals surface area contributed by atoms with Gasteiger partial charge in [0.15, 0.2) is 17.5 Å². The highest BCUT2D eigenvalue weighted by atomic mass is 32.1. The third-order valence-electron chi connectivity index (χ3n) is 7.62. The van der Waals surface area contributed by atoms with Gasteiger partial charge in [-0.25, -0.2) is 15.0 Å². The van der Waals surface area contributed by atoms with Gasteiger partial charge in [0, 0.05) is 47.6 Å². The van der Waals surface area contributed by atoms with E-state index in [0.29, 0.717) is 11.3 Å². The Morgan fingerprint density at radius 3 is 1.73 bits per heavy atom. The van der Waals surface area contributed by atoms with Crippen molar-refractivity contribution in [2.24, 2.45) is 0 Å². The second-order valence-electron chi connectivity index (χ2n) is 10.6. The maximum absolute atomic E-state index is 10.2. The number of rotatable bonds is 5. The summed E-state index contributed by atoms with van der Waals surface area (Å²) in [6, 6.07) is -26.0. The number of fused-ring (bicyclic) bond motifs is 6. The molecule has 0 saturated heterocycles. The average Bonchev–Trinajstić information content (AvgIpc) is 4.02. The molecule has 10 rings (SSSR count). The fourth-order valence-corrected chi connectivity index (χ4v) is 6.46. The van der Waals surface area contributed by atoms with Gasteiger partial charge in [-0.1, -0.05) is 157 Å². The maximum Gasteiger partial charge on any atom is 0.164 e. The monoisotopic (exact) mass is 696 g/mol. The van der Waals surface area contributed by atoms with E-state index in [9.17, 15) is 13.7 Å². The Labute approximate surface area is 339 Å². The molecular weight excluding hydrogens is 639 g/mol. The summed E-state index contributed by atoms with van der Waals surface area (Å²) in [5.41, 5.74) is -5.51. The van der Waals surface area contributed by atoms with Crippen molar-refractivity contribution in [2.45, 2.75) is 0 Å². The summed E-state index contributed by atoms with van der Waals surface area (Å²) in [7, 11) is 0. The van der Waals surface area contributed by atoms with Crippen LogP contribution in [0.2, 0.25) is 0 Å². The zero-order valence-electron chi connectivity index (χ0n) is 54.2. The second-order valence-corrected chi connectivity index (χ2v) is 11.6. The third kappa shape index (κ3) is 5.16. The molecule has 10 aromatic rings. The Balaban J connectivity index is 1.49. The van der Waals surface area contributed by atoms with Crippen LogP contribution in [0.3, 0.4) is 0 Å². The van der Waals surface area contributed by atoms with E-state index in [4.69, 9.17) is 26.0 Å². The van der Waals surface area contributed by atoms with Gasteiger partial charge < -0.3 is 0 Å². The molecule has 0 bridgehead atoms. The molecule has 0 saturated carbocycles. The molecule has 3 nitrogen and oxygen atoms in total. The summed E-state index contributed by atoms with van der Waals surface area (Å²) in [5, 5.41) is -3.07. The van der Waals surface area contributed by atoms with Crippen LogP contribution in [0.15, 0.2) is 175 Å². The topological polar surface area (TPSA) is 38.7 Å². The first-order chi connectivity index (χ1) is 37.3. The van der Waals surface area contributed by atoms with Crippen LogP contribution in [0.5, 0.6) is 0 Å². The Morgan fingerprint density at radius 2 is 0.941 bits per heavy atom. The van der Waals surface area contributed by atoms with Crippen molar-refractivity contribution in [3.63, 3.8) is 0 Å². The molecule has 8 aromatic carbocycles. The minimum atomic E-state index is -1.06. The van der Waals surface area contributed by atoms with Crippen LogP contribution in [0.4, 0.5) is 0 Å². The molecular formula is C47H29N3S. The van der Waals surface area contributed by atoms with E-state index >= 15 is 0 Å². The second kappa shape index (κ2) is 12.1. The highest BCUT2D eigenvalue weighted by Crippen LogP contribution is 2.45. The summed E-state index contributed by atoms with van der Waals surface area (Å²) in [6.45, 7) is 0. The minimum Gasteiger partial charge on any atom is -0.208 e. The number of hydrogen-bond acceptors (Lipinski definition) is 4. The van der Waals surface area contributed by atoms with Crippen LogP contribution in [0, 0.1) is 0 Å². The highest BCUT2D eigenvalue weighted by molar-refractivity contribution is 7.26. The highest BCUT2D eigenvalue weighted by Gasteiger charge is 2.20. The van der Waals surface area contributed by atoms with Gasteiger partial charge in [-0.05, 0) is 51.2 Å². The normalized spacial score (nSPS) is 19.5. The van der Waals surface area contributed by atoms with Crippen molar-refractivity contribution in [1.82, 2.24) is 15.0 Å². The lowest BCUT2D eigenvalue weighted by atomic mass is 9.91. The summed E-state index contributed by atoms with van der Waals surface area (Å²) >= 11 is 0.606. The first-order valence-electron chi connectivity index (χ1n) is 29.2. The lowest BCUT2D eigenvalue weighted by molar-refractivity contribution is 1.08. The van der Waals surface area contributed by atoms with Crippen molar-refractivity contribution < 1.29 is 39.8 Å². The molecule has 51 heavy (non-hydrogen) atoms. The molecule has 0 atom stereocenters. The van der Waals surface area contributed by atoms with E-state index in [1.807, 2.05) is 0 Å². The predicted molar refractivity (Wildman–Crippen MR) is 215 cm³/mol. The van der Waals surface area contributed by atoms with E-state index < -0.39 is 253 Å². The van der Waals surface area contributed by atoms with Gasteiger partial charge in [-0.3, -0.25) is 0 Å².